The number of para-hydroxylation sites is 1. The number of anilines is 1. The Labute approximate surface area is 163 Å². The summed E-state index contributed by atoms with van der Waals surface area (Å²) in [5.41, 5.74) is 1.61. The van der Waals surface area contributed by atoms with Crippen LogP contribution in [0.3, 0.4) is 0 Å². The Morgan fingerprint density at radius 1 is 0.963 bits per heavy atom. The van der Waals surface area contributed by atoms with Crippen molar-refractivity contribution in [2.45, 2.75) is 12.8 Å². The van der Waals surface area contributed by atoms with Gasteiger partial charge in [-0.3, -0.25) is 4.79 Å². The molecule has 27 heavy (non-hydrogen) atoms. The zero-order chi connectivity index (χ0) is 19.1. The van der Waals surface area contributed by atoms with Gasteiger partial charge in [-0.2, -0.15) is 0 Å². The first-order valence-electron chi connectivity index (χ1n) is 8.59. The molecule has 1 N–H and O–H groups in total. The van der Waals surface area contributed by atoms with Gasteiger partial charge in [-0.1, -0.05) is 41.9 Å². The summed E-state index contributed by atoms with van der Waals surface area (Å²) in [4.78, 5) is 12.4. The summed E-state index contributed by atoms with van der Waals surface area (Å²) in [6.07, 6.45) is 0.981. The lowest BCUT2D eigenvalue weighted by atomic mass is 10.1. The Kier molecular flexibility index (Phi) is 6.34. The second-order valence-electron chi connectivity index (χ2n) is 5.95. The summed E-state index contributed by atoms with van der Waals surface area (Å²) in [5, 5.41) is 3.42. The van der Waals surface area contributed by atoms with Gasteiger partial charge in [0.2, 0.25) is 5.91 Å². The lowest BCUT2D eigenvalue weighted by Crippen LogP contribution is -2.13. The summed E-state index contributed by atoms with van der Waals surface area (Å²) >= 11 is 6.09. The lowest BCUT2D eigenvalue weighted by molar-refractivity contribution is -0.116. The Hall–Kier alpha value is -2.98. The predicted octanol–water partition coefficient (Wildman–Crippen LogP) is 5.71. The Morgan fingerprint density at radius 2 is 1.70 bits per heavy atom. The van der Waals surface area contributed by atoms with E-state index in [4.69, 9.17) is 21.1 Å². The Morgan fingerprint density at radius 3 is 2.41 bits per heavy atom. The summed E-state index contributed by atoms with van der Waals surface area (Å²) in [6.45, 7) is 0. The van der Waals surface area contributed by atoms with Crippen LogP contribution in [0.4, 0.5) is 5.69 Å². The third-order valence-corrected chi connectivity index (χ3v) is 4.22. The smallest absolute Gasteiger partial charge is 0.224 e. The molecule has 3 aromatic carbocycles. The van der Waals surface area contributed by atoms with Crippen LogP contribution in [0.1, 0.15) is 12.0 Å². The Bertz CT molecular complexity index is 895. The van der Waals surface area contributed by atoms with Gasteiger partial charge in [0.15, 0.2) is 5.75 Å². The van der Waals surface area contributed by atoms with Crippen molar-refractivity contribution in [3.8, 4) is 17.2 Å². The van der Waals surface area contributed by atoms with Crippen LogP contribution < -0.4 is 14.8 Å². The van der Waals surface area contributed by atoms with Gasteiger partial charge in [0, 0.05) is 11.4 Å². The van der Waals surface area contributed by atoms with Crippen LogP contribution in [0.5, 0.6) is 17.2 Å². The van der Waals surface area contributed by atoms with E-state index in [0.29, 0.717) is 35.1 Å². The van der Waals surface area contributed by atoms with E-state index in [-0.39, 0.29) is 5.91 Å². The second-order valence-corrected chi connectivity index (χ2v) is 6.39. The maximum atomic E-state index is 12.4. The first-order valence-corrected chi connectivity index (χ1v) is 8.97. The van der Waals surface area contributed by atoms with E-state index in [1.165, 1.54) is 0 Å². The fourth-order valence-electron chi connectivity index (χ4n) is 2.57. The molecule has 3 rings (SSSR count). The average Bonchev–Trinajstić information content (AvgIpc) is 2.70. The Balaban J connectivity index is 1.64. The molecule has 0 atom stereocenters. The van der Waals surface area contributed by atoms with Gasteiger partial charge in [0.25, 0.3) is 0 Å². The third kappa shape index (κ3) is 5.50. The zero-order valence-corrected chi connectivity index (χ0v) is 15.7. The molecule has 0 saturated carbocycles. The van der Waals surface area contributed by atoms with Gasteiger partial charge in [0.1, 0.15) is 11.5 Å². The van der Waals surface area contributed by atoms with Crippen LogP contribution in [0, 0.1) is 0 Å². The number of hydrogen-bond donors (Lipinski definition) is 1. The van der Waals surface area contributed by atoms with Crippen LogP contribution in [-0.4, -0.2) is 13.0 Å². The standard InChI is InChI=1S/C22H20ClNO3/c1-26-18-11-7-16(8-12-18)9-14-22(25)24-20-15-17(23)10-13-21(20)27-19-5-3-2-4-6-19/h2-8,10-13,15H,9,14H2,1H3,(H,24,25). The zero-order valence-electron chi connectivity index (χ0n) is 14.9. The van der Waals surface area contributed by atoms with E-state index in [1.54, 1.807) is 25.3 Å². The van der Waals surface area contributed by atoms with Crippen LogP contribution in [0.15, 0.2) is 72.8 Å². The number of amides is 1. The minimum absolute atomic E-state index is 0.106. The van der Waals surface area contributed by atoms with Crippen molar-refractivity contribution in [3.63, 3.8) is 0 Å². The summed E-state index contributed by atoms with van der Waals surface area (Å²) < 4.78 is 11.0. The van der Waals surface area contributed by atoms with E-state index in [9.17, 15) is 4.79 Å². The highest BCUT2D eigenvalue weighted by molar-refractivity contribution is 6.31. The van der Waals surface area contributed by atoms with Crippen molar-refractivity contribution in [3.05, 3.63) is 83.4 Å². The first kappa shape index (κ1) is 18.8. The molecule has 0 aliphatic heterocycles. The molecular weight excluding hydrogens is 362 g/mol. The van der Waals surface area contributed by atoms with Crippen LogP contribution in [0.2, 0.25) is 5.02 Å². The highest BCUT2D eigenvalue weighted by Gasteiger charge is 2.10. The fourth-order valence-corrected chi connectivity index (χ4v) is 2.74. The van der Waals surface area contributed by atoms with E-state index in [0.717, 1.165) is 11.3 Å². The lowest BCUT2D eigenvalue weighted by Gasteiger charge is -2.13. The molecular formula is C22H20ClNO3. The molecule has 0 radical (unpaired) electrons. The topological polar surface area (TPSA) is 47.6 Å². The SMILES string of the molecule is COc1ccc(CCC(=O)Nc2cc(Cl)ccc2Oc2ccccc2)cc1. The van der Waals surface area contributed by atoms with E-state index >= 15 is 0 Å². The highest BCUT2D eigenvalue weighted by atomic mass is 35.5. The number of aryl methyl sites for hydroxylation is 1. The number of benzene rings is 3. The summed E-state index contributed by atoms with van der Waals surface area (Å²) in [7, 11) is 1.63. The summed E-state index contributed by atoms with van der Waals surface area (Å²) in [6, 6.07) is 22.2. The van der Waals surface area contributed by atoms with Crippen LogP contribution in [0.25, 0.3) is 0 Å². The van der Waals surface area contributed by atoms with Gasteiger partial charge >= 0.3 is 0 Å². The van der Waals surface area contributed by atoms with Crippen molar-refractivity contribution in [1.29, 1.82) is 0 Å². The molecule has 0 saturated heterocycles. The van der Waals surface area contributed by atoms with Gasteiger partial charge in [0.05, 0.1) is 12.8 Å². The summed E-state index contributed by atoms with van der Waals surface area (Å²) in [5.74, 6) is 1.92. The number of rotatable bonds is 7. The maximum Gasteiger partial charge on any atom is 0.224 e. The van der Waals surface area contributed by atoms with Gasteiger partial charge in [-0.05, 0) is 54.4 Å². The second kappa shape index (κ2) is 9.10. The minimum Gasteiger partial charge on any atom is -0.497 e. The van der Waals surface area contributed by atoms with Crippen molar-refractivity contribution in [2.24, 2.45) is 0 Å². The van der Waals surface area contributed by atoms with Gasteiger partial charge in [-0.25, -0.2) is 0 Å². The molecule has 0 aliphatic carbocycles. The average molecular weight is 382 g/mol. The number of carbonyl (C=O) groups is 1. The maximum absolute atomic E-state index is 12.4. The van der Waals surface area contributed by atoms with Crippen LogP contribution >= 0.6 is 11.6 Å². The number of hydrogen-bond acceptors (Lipinski definition) is 3. The molecule has 4 nitrogen and oxygen atoms in total. The molecule has 0 unspecified atom stereocenters. The van der Waals surface area contributed by atoms with Gasteiger partial charge in [-0.15, -0.1) is 0 Å². The molecule has 0 aromatic heterocycles. The van der Waals surface area contributed by atoms with E-state index in [1.807, 2.05) is 54.6 Å². The van der Waals surface area contributed by atoms with E-state index < -0.39 is 0 Å². The fraction of sp³-hybridized carbons (Fsp3) is 0.136. The number of methoxy groups -OCH3 is 1. The first-order chi connectivity index (χ1) is 13.1. The quantitative estimate of drug-likeness (QED) is 0.570. The number of halogens is 1. The van der Waals surface area contributed by atoms with Crippen molar-refractivity contribution < 1.29 is 14.3 Å². The minimum atomic E-state index is -0.106. The molecule has 138 valence electrons. The van der Waals surface area contributed by atoms with E-state index in [2.05, 4.69) is 5.32 Å². The largest absolute Gasteiger partial charge is 0.497 e. The van der Waals surface area contributed by atoms with Crippen molar-refractivity contribution in [1.82, 2.24) is 0 Å². The predicted molar refractivity (Wildman–Crippen MR) is 108 cm³/mol. The third-order valence-electron chi connectivity index (χ3n) is 3.99. The highest BCUT2D eigenvalue weighted by Crippen LogP contribution is 2.32. The number of carbonyl (C=O) groups excluding carboxylic acids is 1. The van der Waals surface area contributed by atoms with Gasteiger partial charge < -0.3 is 14.8 Å². The molecule has 0 spiro atoms. The van der Waals surface area contributed by atoms with Crippen LogP contribution in [-0.2, 0) is 11.2 Å². The molecule has 0 aliphatic rings. The molecule has 0 fully saturated rings. The molecule has 3 aromatic rings. The number of nitrogens with one attached hydrogen (secondary N) is 1. The molecule has 0 bridgehead atoms. The molecule has 5 heteroatoms. The van der Waals surface area contributed by atoms with Crippen molar-refractivity contribution in [2.75, 3.05) is 12.4 Å². The molecule has 1 amide bonds. The number of ether oxygens (including phenoxy) is 2. The van der Waals surface area contributed by atoms with Crippen molar-refractivity contribution >= 4 is 23.2 Å². The monoisotopic (exact) mass is 381 g/mol. The normalized spacial score (nSPS) is 10.3. The molecule has 0 heterocycles.